The van der Waals surface area contributed by atoms with E-state index in [0.29, 0.717) is 23.9 Å². The van der Waals surface area contributed by atoms with E-state index < -0.39 is 26.6 Å². The third-order valence-corrected chi connectivity index (χ3v) is 13.6. The zero-order valence-electron chi connectivity index (χ0n) is 46.9. The van der Waals surface area contributed by atoms with Gasteiger partial charge < -0.3 is 28.5 Å². The molecule has 0 aliphatic heterocycles. The molecule has 1 N–H and O–H groups in total. The Hall–Kier alpha value is -2.55. The largest absolute Gasteiger partial charge is 0.756 e. The number of allylic oxidation sites excluding steroid dienone is 11. The first-order valence-corrected chi connectivity index (χ1v) is 30.7. The standard InChI is InChI=1S/C61H111N2O7P/c1-7-10-13-16-19-22-25-27-28-29-30-31-32-33-34-36-38-41-44-47-50-53-60(64)62-58(57-69-71(66,67)68-56-55-63(4,5)6)59(52-49-46-43-40-37-24-21-18-15-12-9-3)70-61(65)54-51-48-45-42-39-35-26-23-20-17-14-11-8-2/h11,14,17,19-20,22-23,26-28,49,52,58-59H,7-10,12-13,15-16,18,21,24-25,29-48,50-51,53-57H2,1-6H3,(H-,62,64,66,67)/b14-11+,20-17+,22-19-,26-23-,28-27-,52-49-. The van der Waals surface area contributed by atoms with E-state index in [0.717, 1.165) is 89.9 Å². The van der Waals surface area contributed by atoms with Gasteiger partial charge in [0.2, 0.25) is 5.91 Å². The van der Waals surface area contributed by atoms with Crippen LogP contribution in [0.3, 0.4) is 0 Å². The van der Waals surface area contributed by atoms with Gasteiger partial charge in [0.1, 0.15) is 19.3 Å². The molecule has 0 aliphatic carbocycles. The topological polar surface area (TPSA) is 114 Å². The van der Waals surface area contributed by atoms with Gasteiger partial charge in [0, 0.05) is 12.8 Å². The lowest BCUT2D eigenvalue weighted by Gasteiger charge is -2.30. The molecule has 0 rings (SSSR count). The molecule has 0 heterocycles. The number of likely N-dealkylation sites (N-methyl/N-ethyl adjacent to an activating group) is 1. The Labute approximate surface area is 438 Å². The van der Waals surface area contributed by atoms with E-state index >= 15 is 0 Å². The number of hydrogen-bond donors (Lipinski definition) is 1. The second-order valence-corrected chi connectivity index (χ2v) is 22.2. The molecule has 0 radical (unpaired) electrons. The number of phosphoric acid groups is 1. The molecule has 412 valence electrons. The number of amides is 1. The monoisotopic (exact) mass is 1010 g/mol. The second-order valence-electron chi connectivity index (χ2n) is 20.8. The molecule has 3 unspecified atom stereocenters. The first-order chi connectivity index (χ1) is 34.4. The lowest BCUT2D eigenvalue weighted by molar-refractivity contribution is -0.870. The van der Waals surface area contributed by atoms with Crippen LogP contribution in [0.2, 0.25) is 0 Å². The van der Waals surface area contributed by atoms with Crippen LogP contribution >= 0.6 is 7.82 Å². The first kappa shape index (κ1) is 68.5. The van der Waals surface area contributed by atoms with Crippen LogP contribution in [0.25, 0.3) is 0 Å². The summed E-state index contributed by atoms with van der Waals surface area (Å²) in [6.45, 7) is 6.66. The van der Waals surface area contributed by atoms with Crippen LogP contribution in [0.4, 0.5) is 0 Å². The van der Waals surface area contributed by atoms with Crippen LogP contribution in [-0.2, 0) is 27.9 Å². The molecule has 0 aromatic rings. The predicted molar refractivity (Wildman–Crippen MR) is 302 cm³/mol. The van der Waals surface area contributed by atoms with Crippen LogP contribution < -0.4 is 10.2 Å². The van der Waals surface area contributed by atoms with Gasteiger partial charge in [0.05, 0.1) is 33.8 Å². The molecule has 0 bridgehead atoms. The lowest BCUT2D eigenvalue weighted by atomic mass is 10.0. The van der Waals surface area contributed by atoms with Gasteiger partial charge in [-0.3, -0.25) is 14.2 Å². The zero-order valence-corrected chi connectivity index (χ0v) is 47.8. The molecule has 9 nitrogen and oxygen atoms in total. The average molecular weight is 1020 g/mol. The van der Waals surface area contributed by atoms with Crippen molar-refractivity contribution in [2.24, 2.45) is 0 Å². The number of quaternary nitrogens is 1. The van der Waals surface area contributed by atoms with Crippen molar-refractivity contribution in [2.75, 3.05) is 40.9 Å². The van der Waals surface area contributed by atoms with E-state index in [4.69, 9.17) is 13.8 Å². The Morgan fingerprint density at radius 1 is 0.521 bits per heavy atom. The van der Waals surface area contributed by atoms with Crippen molar-refractivity contribution in [3.63, 3.8) is 0 Å². The Morgan fingerprint density at radius 3 is 1.48 bits per heavy atom. The van der Waals surface area contributed by atoms with Crippen LogP contribution in [0.5, 0.6) is 0 Å². The van der Waals surface area contributed by atoms with E-state index in [1.165, 1.54) is 122 Å². The van der Waals surface area contributed by atoms with Crippen LogP contribution in [0, 0.1) is 0 Å². The van der Waals surface area contributed by atoms with E-state index in [1.54, 1.807) is 0 Å². The van der Waals surface area contributed by atoms with E-state index in [1.807, 2.05) is 39.4 Å². The predicted octanol–water partition coefficient (Wildman–Crippen LogP) is 17.0. The molecule has 0 saturated heterocycles. The van der Waals surface area contributed by atoms with Gasteiger partial charge in [-0.05, 0) is 83.1 Å². The van der Waals surface area contributed by atoms with Gasteiger partial charge >= 0.3 is 5.97 Å². The van der Waals surface area contributed by atoms with Crippen LogP contribution in [0.1, 0.15) is 252 Å². The first-order valence-electron chi connectivity index (χ1n) is 29.3. The van der Waals surface area contributed by atoms with Gasteiger partial charge in [-0.2, -0.15) is 0 Å². The van der Waals surface area contributed by atoms with E-state index in [-0.39, 0.29) is 24.9 Å². The van der Waals surface area contributed by atoms with Crippen molar-refractivity contribution in [2.45, 2.75) is 264 Å². The Morgan fingerprint density at radius 2 is 0.958 bits per heavy atom. The third kappa shape index (κ3) is 52.1. The number of ether oxygens (including phenoxy) is 1. The van der Waals surface area contributed by atoms with Crippen molar-refractivity contribution in [1.29, 1.82) is 0 Å². The number of carbonyl (C=O) groups is 2. The van der Waals surface area contributed by atoms with Crippen molar-refractivity contribution in [1.82, 2.24) is 5.32 Å². The van der Waals surface area contributed by atoms with Gasteiger partial charge in [-0.15, -0.1) is 0 Å². The highest BCUT2D eigenvalue weighted by molar-refractivity contribution is 7.45. The molecule has 0 aromatic heterocycles. The summed E-state index contributed by atoms with van der Waals surface area (Å²) in [7, 11) is 1.16. The fourth-order valence-corrected chi connectivity index (χ4v) is 8.86. The van der Waals surface area contributed by atoms with Gasteiger partial charge in [-0.1, -0.05) is 229 Å². The second kappa shape index (κ2) is 51.0. The summed E-state index contributed by atoms with van der Waals surface area (Å²) in [5.74, 6) is -0.568. The Kier molecular flexibility index (Phi) is 49.1. The number of hydrogen-bond acceptors (Lipinski definition) is 7. The molecule has 0 saturated carbocycles. The summed E-state index contributed by atoms with van der Waals surface area (Å²) in [5, 5.41) is 3.01. The minimum Gasteiger partial charge on any atom is -0.756 e. The molecule has 3 atom stereocenters. The van der Waals surface area contributed by atoms with Crippen molar-refractivity contribution >= 4 is 19.7 Å². The summed E-state index contributed by atoms with van der Waals surface area (Å²) >= 11 is 0. The fourth-order valence-electron chi connectivity index (χ4n) is 8.14. The van der Waals surface area contributed by atoms with Crippen molar-refractivity contribution in [3.8, 4) is 0 Å². The molecular weight excluding hydrogens is 904 g/mol. The summed E-state index contributed by atoms with van der Waals surface area (Å²) in [6.07, 6.45) is 64.4. The van der Waals surface area contributed by atoms with Crippen LogP contribution in [-0.4, -0.2) is 69.4 Å². The Balaban J connectivity index is 5.23. The smallest absolute Gasteiger partial charge is 0.306 e. The normalized spacial score (nSPS) is 14.3. The zero-order chi connectivity index (χ0) is 52.2. The molecular formula is C61H111N2O7P. The molecule has 0 aliphatic rings. The summed E-state index contributed by atoms with van der Waals surface area (Å²) in [5.41, 5.74) is 0. The van der Waals surface area contributed by atoms with E-state index in [2.05, 4.69) is 80.8 Å². The molecule has 0 fully saturated rings. The quantitative estimate of drug-likeness (QED) is 0.0161. The number of nitrogens with zero attached hydrogens (tertiary/aromatic N) is 1. The fraction of sp³-hybridized carbons (Fsp3) is 0.770. The molecule has 1 amide bonds. The number of carbonyl (C=O) groups excluding carboxylic acids is 2. The van der Waals surface area contributed by atoms with Gasteiger partial charge in [0.25, 0.3) is 7.82 Å². The number of unbranched alkanes of at least 4 members (excludes halogenated alkanes) is 28. The average Bonchev–Trinajstić information content (AvgIpc) is 3.33. The summed E-state index contributed by atoms with van der Waals surface area (Å²) in [6, 6.07) is -0.899. The highest BCUT2D eigenvalue weighted by Gasteiger charge is 2.27. The third-order valence-electron chi connectivity index (χ3n) is 12.7. The number of esters is 1. The maximum absolute atomic E-state index is 13.5. The highest BCUT2D eigenvalue weighted by atomic mass is 31.2. The number of nitrogens with one attached hydrogen (secondary N) is 1. The highest BCUT2D eigenvalue weighted by Crippen LogP contribution is 2.38. The molecule has 0 aromatic carbocycles. The van der Waals surface area contributed by atoms with E-state index in [9.17, 15) is 19.0 Å². The molecule has 10 heteroatoms. The van der Waals surface area contributed by atoms with Gasteiger partial charge in [0.15, 0.2) is 0 Å². The molecule has 71 heavy (non-hydrogen) atoms. The maximum atomic E-state index is 13.5. The van der Waals surface area contributed by atoms with Crippen molar-refractivity contribution < 1.29 is 37.3 Å². The number of phosphoric ester groups is 1. The van der Waals surface area contributed by atoms with Crippen LogP contribution in [0.15, 0.2) is 72.9 Å². The minimum atomic E-state index is -4.70. The molecule has 0 spiro atoms. The minimum absolute atomic E-state index is 0.0285. The van der Waals surface area contributed by atoms with Crippen molar-refractivity contribution in [3.05, 3.63) is 72.9 Å². The summed E-state index contributed by atoms with van der Waals surface area (Å²) in [4.78, 5) is 39.8. The summed E-state index contributed by atoms with van der Waals surface area (Å²) < 4.78 is 30.2. The van der Waals surface area contributed by atoms with Gasteiger partial charge in [-0.25, -0.2) is 0 Å². The Bertz CT molecular complexity index is 1450. The maximum Gasteiger partial charge on any atom is 0.306 e. The lowest BCUT2D eigenvalue weighted by Crippen LogP contribution is -2.47. The number of rotatable bonds is 52. The SMILES string of the molecule is CC/C=C/C=C/C=C\CCCCCCCC(=O)OC(/C=C\CCCCCCCCCCC)C(COP(=O)([O-])OCC[N+](C)(C)C)NC(=O)CCCCCCCCCCCCC/C=C\C/C=C\CCCCC.